The molecule has 8 fully saturated rings. The molecular weight excluding hydrogens is 1380 g/mol. The Labute approximate surface area is 668 Å². The van der Waals surface area contributed by atoms with Gasteiger partial charge >= 0.3 is 36.2 Å². The van der Waals surface area contributed by atoms with Crippen molar-refractivity contribution in [2.24, 2.45) is 82.3 Å². The third kappa shape index (κ3) is 37.7. The van der Waals surface area contributed by atoms with Gasteiger partial charge in [-0.3, -0.25) is 19.2 Å². The molecule has 2 aliphatic heterocycles. The van der Waals surface area contributed by atoms with Crippen LogP contribution in [0.25, 0.3) is 0 Å². The number of hydrogen-bond donors (Lipinski definition) is 0. The van der Waals surface area contributed by atoms with E-state index < -0.39 is 24.1 Å². The Balaban J connectivity index is 0.720. The van der Waals surface area contributed by atoms with E-state index in [1.807, 2.05) is 0 Å². The zero-order valence-electron chi connectivity index (χ0n) is 70.4. The number of carbonyl (C=O) groups excluding carboxylic acids is 6. The van der Waals surface area contributed by atoms with Crippen LogP contribution in [0.5, 0.6) is 0 Å². The van der Waals surface area contributed by atoms with Crippen LogP contribution in [-0.2, 0) is 57.1 Å². The normalized spacial score (nSPS) is 26.0. The summed E-state index contributed by atoms with van der Waals surface area (Å²) < 4.78 is 45.7. The van der Waals surface area contributed by atoms with Crippen molar-refractivity contribution in [2.45, 2.75) is 336 Å². The van der Waals surface area contributed by atoms with Crippen LogP contribution in [-0.4, -0.2) is 138 Å². The topological polar surface area (TPSA) is 183 Å². The number of ether oxygens (including phenoxy) is 8. The third-order valence-corrected chi connectivity index (χ3v) is 26.6. The predicted molar refractivity (Wildman–Crippen MR) is 441 cm³/mol. The Morgan fingerprint density at radius 2 is 0.855 bits per heavy atom. The molecule has 8 rings (SSSR count). The molecule has 0 spiro atoms. The van der Waals surface area contributed by atoms with E-state index in [1.54, 1.807) is 0 Å². The number of piperidine rings is 2. The first-order chi connectivity index (χ1) is 53.7. The first-order valence-corrected chi connectivity index (χ1v) is 46.0. The summed E-state index contributed by atoms with van der Waals surface area (Å²) in [4.78, 5) is 83.5. The highest BCUT2D eigenvalue weighted by Gasteiger charge is 2.56. The SMILES string of the molecule is CCCCC/C=C\C/C=C\CCCCCCCC(=O)OCC(COC(=O)CCC12CC3CC(C1)C(C(C)CCC/C=C\C/C=C\CCCCCCCC(=O)OCC(COC(=O)OCC1CCCN(CC)C1)COC(=O)[C@H]1CC[C@H]([C@H]4CCC[C@H](CCCCC)CC4)CC1)C(C3)C2)COC(=O)OCC1CCCN(CC)C1. The van der Waals surface area contributed by atoms with Crippen LogP contribution in [0.3, 0.4) is 0 Å². The summed E-state index contributed by atoms with van der Waals surface area (Å²) in [6.07, 6.45) is 68.3. The zero-order chi connectivity index (χ0) is 78.1. The lowest BCUT2D eigenvalue weighted by atomic mass is 9.44. The molecule has 0 N–H and O–H groups in total. The molecule has 6 aliphatic carbocycles. The van der Waals surface area contributed by atoms with Gasteiger partial charge in [-0.2, -0.15) is 0 Å². The van der Waals surface area contributed by atoms with Crippen LogP contribution in [0.4, 0.5) is 9.59 Å². The maximum Gasteiger partial charge on any atom is 0.508 e. The van der Waals surface area contributed by atoms with E-state index in [1.165, 1.54) is 128 Å². The summed E-state index contributed by atoms with van der Waals surface area (Å²) in [6, 6.07) is 0. The van der Waals surface area contributed by atoms with Gasteiger partial charge < -0.3 is 47.7 Å². The van der Waals surface area contributed by atoms with Crippen LogP contribution in [0.1, 0.15) is 336 Å². The lowest BCUT2D eigenvalue weighted by Gasteiger charge is -2.61. The van der Waals surface area contributed by atoms with E-state index in [2.05, 4.69) is 93.0 Å². The van der Waals surface area contributed by atoms with E-state index in [-0.39, 0.29) is 86.7 Å². The number of hydrogen-bond acceptors (Lipinski definition) is 16. The second kappa shape index (κ2) is 55.7. The molecular formula is C94H158N2O14. The van der Waals surface area contributed by atoms with E-state index in [0.29, 0.717) is 44.3 Å². The van der Waals surface area contributed by atoms with Gasteiger partial charge in [0.25, 0.3) is 0 Å². The van der Waals surface area contributed by atoms with Crippen LogP contribution >= 0.6 is 0 Å². The van der Waals surface area contributed by atoms with Gasteiger partial charge in [0.1, 0.15) is 39.6 Å². The van der Waals surface area contributed by atoms with Crippen molar-refractivity contribution in [2.75, 3.05) is 92.1 Å². The molecule has 2 saturated heterocycles. The number of carbonyl (C=O) groups is 6. The van der Waals surface area contributed by atoms with Crippen molar-refractivity contribution in [3.8, 4) is 0 Å². The molecule has 0 amide bonds. The molecule has 110 heavy (non-hydrogen) atoms. The van der Waals surface area contributed by atoms with Gasteiger partial charge in [0.15, 0.2) is 0 Å². The smallest absolute Gasteiger partial charge is 0.465 e. The number of likely N-dealkylation sites (tertiary alicyclic amines) is 2. The maximum atomic E-state index is 13.6. The number of allylic oxidation sites excluding steroid dienone is 8. The Morgan fingerprint density at radius 3 is 1.38 bits per heavy atom. The summed E-state index contributed by atoms with van der Waals surface area (Å²) in [5, 5.41) is 0. The fraction of sp³-hybridized carbons (Fsp3) is 0.851. The molecule has 8 aliphatic rings. The van der Waals surface area contributed by atoms with Crippen molar-refractivity contribution in [3.05, 3.63) is 48.6 Å². The fourth-order valence-electron chi connectivity index (χ4n) is 20.3. The monoisotopic (exact) mass is 1540 g/mol. The van der Waals surface area contributed by atoms with Gasteiger partial charge in [0.2, 0.25) is 0 Å². The third-order valence-electron chi connectivity index (χ3n) is 26.6. The van der Waals surface area contributed by atoms with Crippen LogP contribution < -0.4 is 0 Å². The molecule has 16 heteroatoms. The highest BCUT2D eigenvalue weighted by molar-refractivity contribution is 5.72. The predicted octanol–water partition coefficient (Wildman–Crippen LogP) is 22.8. The van der Waals surface area contributed by atoms with Gasteiger partial charge in [0, 0.05) is 44.2 Å². The highest BCUT2D eigenvalue weighted by atomic mass is 16.7. The molecule has 0 radical (unpaired) electrons. The van der Waals surface area contributed by atoms with E-state index >= 15 is 0 Å². The summed E-state index contributed by atoms with van der Waals surface area (Å²) in [7, 11) is 0. The summed E-state index contributed by atoms with van der Waals surface area (Å²) in [6.45, 7) is 17.9. The molecule has 16 nitrogen and oxygen atoms in total. The number of rotatable bonds is 56. The average molecular weight is 1540 g/mol. The van der Waals surface area contributed by atoms with Crippen LogP contribution in [0, 0.1) is 82.3 Å². The lowest BCUT2D eigenvalue weighted by Crippen LogP contribution is -2.52. The van der Waals surface area contributed by atoms with Gasteiger partial charge in [-0.05, 0) is 252 Å². The highest BCUT2D eigenvalue weighted by Crippen LogP contribution is 2.65. The standard InChI is InChI=1S/C94H158N2O14/c1-6-10-12-13-14-15-16-17-18-21-24-27-30-33-37-48-87(97)103-69-80(73-109-92(101)107-67-77-45-40-58-95(8-3)65-77)70-105-89(99)56-57-94-62-79-60-85(63-94)90(86(61-79)64-94)75(5)42-36-32-29-26-23-20-19-22-25-28-31-34-38-49-88(98)104-71-81(74-110-93(102)108-68-78-46-41-59-96(9-4)66-78)72-106-91(100)84-54-52-83(53-55-84)82-47-39-44-76(50-51-82)43-35-11-7-2/h14-15,17-20,26,29,75-86,90H,6-13,16,21-25,27-28,30-74H2,1-5H3/b15-14-,18-17-,20-19-,29-26-/t75?,76-,77?,78?,79?,80?,81?,82-,83-,84-,85?,86?,90?,94?/m0/s1. The summed E-state index contributed by atoms with van der Waals surface area (Å²) in [5.74, 6) is 4.58. The van der Waals surface area contributed by atoms with E-state index in [0.717, 1.165) is 229 Å². The molecule has 0 aromatic heterocycles. The molecule has 4 bridgehead atoms. The molecule has 0 aromatic rings. The van der Waals surface area contributed by atoms with Gasteiger partial charge in [-0.15, -0.1) is 0 Å². The molecule has 2 heterocycles. The van der Waals surface area contributed by atoms with Gasteiger partial charge in [-0.25, -0.2) is 9.59 Å². The second-order valence-electron chi connectivity index (χ2n) is 35.6. The Morgan fingerprint density at radius 1 is 0.409 bits per heavy atom. The Kier molecular flexibility index (Phi) is 46.9. The first-order valence-electron chi connectivity index (χ1n) is 46.0. The molecule has 6 saturated carbocycles. The average Bonchev–Trinajstić information content (AvgIpc) is 0.766. The number of unbranched alkanes of at least 4 members (excludes halogenated alkanes) is 16. The summed E-state index contributed by atoms with van der Waals surface area (Å²) in [5.41, 5.74) is 0.208. The minimum atomic E-state index is -0.734. The molecule has 9 atom stereocenters. The first kappa shape index (κ1) is 92.5. The molecule has 0 aromatic carbocycles. The quantitative estimate of drug-likeness (QED) is 0.0184. The van der Waals surface area contributed by atoms with Gasteiger partial charge in [0.05, 0.1) is 31.0 Å². The lowest BCUT2D eigenvalue weighted by molar-refractivity contribution is -0.155. The van der Waals surface area contributed by atoms with Crippen molar-refractivity contribution >= 4 is 36.2 Å². The van der Waals surface area contributed by atoms with Crippen molar-refractivity contribution in [1.29, 1.82) is 0 Å². The van der Waals surface area contributed by atoms with Crippen molar-refractivity contribution in [1.82, 2.24) is 9.80 Å². The fourth-order valence-corrected chi connectivity index (χ4v) is 20.3. The van der Waals surface area contributed by atoms with E-state index in [9.17, 15) is 28.8 Å². The Bertz CT molecular complexity index is 2630. The molecule has 7 unspecified atom stereocenters. The van der Waals surface area contributed by atoms with Crippen molar-refractivity contribution in [3.63, 3.8) is 0 Å². The number of nitrogens with zero attached hydrogens (tertiary/aromatic N) is 2. The summed E-state index contributed by atoms with van der Waals surface area (Å²) >= 11 is 0. The van der Waals surface area contributed by atoms with Crippen molar-refractivity contribution < 1.29 is 66.7 Å². The van der Waals surface area contributed by atoms with E-state index in [4.69, 9.17) is 37.9 Å². The largest absolute Gasteiger partial charge is 0.508 e. The maximum absolute atomic E-state index is 13.6. The van der Waals surface area contributed by atoms with Gasteiger partial charge in [-0.1, -0.05) is 192 Å². The Hall–Kier alpha value is -4.70. The van der Waals surface area contributed by atoms with Crippen LogP contribution in [0.15, 0.2) is 48.6 Å². The minimum Gasteiger partial charge on any atom is -0.465 e. The number of esters is 4. The minimum absolute atomic E-state index is 0.0138. The zero-order valence-corrected chi connectivity index (χ0v) is 70.4. The second-order valence-corrected chi connectivity index (χ2v) is 35.6. The van der Waals surface area contributed by atoms with Crippen LogP contribution in [0.2, 0.25) is 0 Å². The molecule has 628 valence electrons.